The monoisotopic (exact) mass is 217 g/mol. The first kappa shape index (κ1) is 10.4. The summed E-state index contributed by atoms with van der Waals surface area (Å²) in [6.07, 6.45) is 0. The number of fused-ring (bicyclic) bond motifs is 1. The Balaban J connectivity index is 2.54. The number of nitrogens with one attached hydrogen (secondary N) is 1. The molecule has 0 bridgehead atoms. The summed E-state index contributed by atoms with van der Waals surface area (Å²) in [4.78, 5) is 15.5. The summed E-state index contributed by atoms with van der Waals surface area (Å²) in [6, 6.07) is 8.92. The molecule has 0 spiro atoms. The van der Waals surface area contributed by atoms with Gasteiger partial charge in [-0.25, -0.2) is 10.8 Å². The number of benzene rings is 1. The van der Waals surface area contributed by atoms with E-state index in [1.54, 1.807) is 19.2 Å². The van der Waals surface area contributed by atoms with Crippen LogP contribution in [0, 0.1) is 0 Å². The third-order valence-electron chi connectivity index (χ3n) is 2.26. The highest BCUT2D eigenvalue weighted by Crippen LogP contribution is 2.19. The van der Waals surface area contributed by atoms with Crippen LogP contribution in [0.2, 0.25) is 0 Å². The number of hydrogen-bond donors (Lipinski definition) is 2. The van der Waals surface area contributed by atoms with Gasteiger partial charge in [-0.15, -0.1) is 0 Å². The fourth-order valence-electron chi connectivity index (χ4n) is 1.42. The number of aromatic nitrogens is 1. The van der Waals surface area contributed by atoms with Crippen LogP contribution < -0.4 is 16.0 Å². The number of ether oxygens (including phenoxy) is 1. The van der Waals surface area contributed by atoms with Crippen LogP contribution in [0.4, 0.5) is 0 Å². The molecule has 0 saturated heterocycles. The van der Waals surface area contributed by atoms with Crippen molar-refractivity contribution in [3.05, 3.63) is 36.0 Å². The van der Waals surface area contributed by atoms with Gasteiger partial charge in [0.15, 0.2) is 0 Å². The van der Waals surface area contributed by atoms with Gasteiger partial charge in [0.2, 0.25) is 0 Å². The largest absolute Gasteiger partial charge is 0.497 e. The number of rotatable bonds is 2. The van der Waals surface area contributed by atoms with E-state index in [2.05, 4.69) is 4.98 Å². The summed E-state index contributed by atoms with van der Waals surface area (Å²) in [6.45, 7) is 0. The molecule has 0 radical (unpaired) electrons. The summed E-state index contributed by atoms with van der Waals surface area (Å²) >= 11 is 0. The summed E-state index contributed by atoms with van der Waals surface area (Å²) in [5.74, 6) is 5.33. The van der Waals surface area contributed by atoms with Crippen molar-refractivity contribution in [2.24, 2.45) is 5.84 Å². The third-order valence-corrected chi connectivity index (χ3v) is 2.26. The Labute approximate surface area is 92.2 Å². The van der Waals surface area contributed by atoms with Gasteiger partial charge < -0.3 is 4.74 Å². The van der Waals surface area contributed by atoms with Crippen molar-refractivity contribution in [2.75, 3.05) is 7.11 Å². The molecular formula is C11H11N3O2. The first-order valence-electron chi connectivity index (χ1n) is 4.70. The third kappa shape index (κ3) is 1.80. The number of nitrogens with zero attached hydrogens (tertiary/aromatic N) is 1. The van der Waals surface area contributed by atoms with Crippen LogP contribution in [0.5, 0.6) is 5.75 Å². The van der Waals surface area contributed by atoms with Crippen molar-refractivity contribution in [1.82, 2.24) is 10.4 Å². The quantitative estimate of drug-likeness (QED) is 0.444. The first-order chi connectivity index (χ1) is 7.74. The lowest BCUT2D eigenvalue weighted by Gasteiger charge is -2.03. The Kier molecular flexibility index (Phi) is 2.70. The topological polar surface area (TPSA) is 77.2 Å². The molecule has 2 aromatic rings. The number of carbonyl (C=O) groups is 1. The van der Waals surface area contributed by atoms with E-state index in [-0.39, 0.29) is 5.69 Å². The van der Waals surface area contributed by atoms with Crippen molar-refractivity contribution in [2.45, 2.75) is 0 Å². The Bertz CT molecular complexity index is 540. The van der Waals surface area contributed by atoms with Gasteiger partial charge in [-0.05, 0) is 18.2 Å². The summed E-state index contributed by atoms with van der Waals surface area (Å²) in [5, 5.41) is 0.939. The van der Waals surface area contributed by atoms with Gasteiger partial charge in [0.25, 0.3) is 5.91 Å². The number of nitrogen functional groups attached to an aromatic ring is 1. The molecule has 1 aromatic carbocycles. The van der Waals surface area contributed by atoms with E-state index in [0.717, 1.165) is 5.39 Å². The molecule has 16 heavy (non-hydrogen) atoms. The minimum Gasteiger partial charge on any atom is -0.497 e. The van der Waals surface area contributed by atoms with Gasteiger partial charge in [0, 0.05) is 11.5 Å². The lowest BCUT2D eigenvalue weighted by Crippen LogP contribution is -2.30. The molecule has 1 aromatic heterocycles. The van der Waals surface area contributed by atoms with Crippen LogP contribution in [0.3, 0.4) is 0 Å². The van der Waals surface area contributed by atoms with Crippen molar-refractivity contribution >= 4 is 16.8 Å². The van der Waals surface area contributed by atoms with Gasteiger partial charge in [0.05, 0.1) is 12.6 Å². The number of amides is 1. The van der Waals surface area contributed by atoms with E-state index in [1.807, 2.05) is 23.6 Å². The molecule has 5 nitrogen and oxygen atoms in total. The molecule has 0 saturated carbocycles. The zero-order chi connectivity index (χ0) is 11.5. The molecule has 0 aliphatic rings. The van der Waals surface area contributed by atoms with E-state index in [1.165, 1.54) is 0 Å². The Morgan fingerprint density at radius 3 is 2.81 bits per heavy atom. The number of hydrazine groups is 1. The van der Waals surface area contributed by atoms with Crippen LogP contribution in [-0.2, 0) is 0 Å². The van der Waals surface area contributed by atoms with Gasteiger partial charge in [0.1, 0.15) is 11.4 Å². The van der Waals surface area contributed by atoms with E-state index in [4.69, 9.17) is 10.6 Å². The Morgan fingerprint density at radius 2 is 2.12 bits per heavy atom. The smallest absolute Gasteiger partial charge is 0.283 e. The number of hydrogen-bond acceptors (Lipinski definition) is 4. The van der Waals surface area contributed by atoms with Crippen molar-refractivity contribution in [1.29, 1.82) is 0 Å². The predicted molar refractivity (Wildman–Crippen MR) is 59.9 cm³/mol. The molecule has 3 N–H and O–H groups in total. The average Bonchev–Trinajstić information content (AvgIpc) is 2.36. The summed E-state index contributed by atoms with van der Waals surface area (Å²) < 4.78 is 5.08. The van der Waals surface area contributed by atoms with E-state index in [0.29, 0.717) is 11.3 Å². The number of pyridine rings is 1. The van der Waals surface area contributed by atoms with Crippen LogP contribution in [0.1, 0.15) is 10.5 Å². The molecule has 0 aliphatic heterocycles. The van der Waals surface area contributed by atoms with Crippen molar-refractivity contribution in [3.8, 4) is 5.75 Å². The molecular weight excluding hydrogens is 206 g/mol. The second-order valence-corrected chi connectivity index (χ2v) is 3.23. The fraction of sp³-hybridized carbons (Fsp3) is 0.0909. The molecule has 0 fully saturated rings. The van der Waals surface area contributed by atoms with E-state index < -0.39 is 5.91 Å². The molecule has 82 valence electrons. The number of nitrogens with two attached hydrogens (primary N) is 1. The highest BCUT2D eigenvalue weighted by atomic mass is 16.5. The van der Waals surface area contributed by atoms with Crippen LogP contribution in [-0.4, -0.2) is 18.0 Å². The van der Waals surface area contributed by atoms with E-state index in [9.17, 15) is 4.79 Å². The lowest BCUT2D eigenvalue weighted by molar-refractivity contribution is 0.0949. The summed E-state index contributed by atoms with van der Waals surface area (Å²) in [7, 11) is 1.58. The van der Waals surface area contributed by atoms with Gasteiger partial charge in [-0.2, -0.15) is 0 Å². The second kappa shape index (κ2) is 4.16. The molecule has 0 unspecified atom stereocenters. The molecule has 0 aliphatic carbocycles. The molecule has 0 atom stereocenters. The Morgan fingerprint density at radius 1 is 1.38 bits per heavy atom. The van der Waals surface area contributed by atoms with Crippen LogP contribution >= 0.6 is 0 Å². The minimum atomic E-state index is -0.412. The van der Waals surface area contributed by atoms with Crippen LogP contribution in [0.25, 0.3) is 10.9 Å². The maximum absolute atomic E-state index is 11.3. The SMILES string of the molecule is COc1ccc2ccc(C(=O)NN)nc2c1. The van der Waals surface area contributed by atoms with Gasteiger partial charge >= 0.3 is 0 Å². The average molecular weight is 217 g/mol. The van der Waals surface area contributed by atoms with Gasteiger partial charge in [-0.3, -0.25) is 10.2 Å². The Hall–Kier alpha value is -2.14. The maximum Gasteiger partial charge on any atom is 0.283 e. The number of methoxy groups -OCH3 is 1. The molecule has 1 amide bonds. The molecule has 1 heterocycles. The van der Waals surface area contributed by atoms with Crippen molar-refractivity contribution < 1.29 is 9.53 Å². The van der Waals surface area contributed by atoms with Crippen LogP contribution in [0.15, 0.2) is 30.3 Å². The normalized spacial score (nSPS) is 10.1. The number of carbonyl (C=O) groups excluding carboxylic acids is 1. The molecule has 5 heteroatoms. The highest BCUT2D eigenvalue weighted by Gasteiger charge is 2.06. The van der Waals surface area contributed by atoms with E-state index >= 15 is 0 Å². The second-order valence-electron chi connectivity index (χ2n) is 3.23. The maximum atomic E-state index is 11.3. The summed E-state index contributed by atoms with van der Waals surface area (Å²) in [5.41, 5.74) is 3.02. The zero-order valence-corrected chi connectivity index (χ0v) is 8.73. The lowest BCUT2D eigenvalue weighted by atomic mass is 10.2. The molecule has 2 rings (SSSR count). The minimum absolute atomic E-state index is 0.281. The zero-order valence-electron chi connectivity index (χ0n) is 8.73. The standard InChI is InChI=1S/C11H11N3O2/c1-16-8-4-2-7-3-5-9(11(15)14-12)13-10(7)6-8/h2-6H,12H2,1H3,(H,14,15). The van der Waals surface area contributed by atoms with Crippen molar-refractivity contribution in [3.63, 3.8) is 0 Å². The fourth-order valence-corrected chi connectivity index (χ4v) is 1.42. The highest BCUT2D eigenvalue weighted by molar-refractivity contribution is 5.94. The first-order valence-corrected chi connectivity index (χ1v) is 4.70. The van der Waals surface area contributed by atoms with Gasteiger partial charge in [-0.1, -0.05) is 6.07 Å². The predicted octanol–water partition coefficient (Wildman–Crippen LogP) is 0.847.